The van der Waals surface area contributed by atoms with Crippen molar-refractivity contribution in [1.82, 2.24) is 14.7 Å². The molecule has 9 aromatic rings. The van der Waals surface area contributed by atoms with Crippen LogP contribution in [-0.2, 0) is 28.8 Å². The van der Waals surface area contributed by atoms with Gasteiger partial charge in [-0.1, -0.05) is 108 Å². The Morgan fingerprint density at radius 1 is 0.353 bits per heavy atom. The molecule has 0 spiro atoms. The summed E-state index contributed by atoms with van der Waals surface area (Å²) in [4.78, 5) is 91.6. The standard InChI is InChI=1S/C60H36N4O9S12/c65-52(66)28-61-55(71)49(83-58(61)74)25-37-13-16-43(77-37)46-22-19-40(80-46)31-1-7-34(8-2-31)64(35-9-3-32(4-10-35)41-20-23-47(81-41)44-17-14-38(78-44)26-50-56(72)62(29-53(67)68)59(75)84-50)36-11-5-33(6-12-36)42-21-24-48(82-42)45-18-15-39(79-45)27-51-57(73)63(30-54(69)70)60(76)85-51/h1-27H,28-30H2,(H,65,66)(H,67,68)(H,69,70)/b49-25-,50-26+,51-27+. The molecule has 0 bridgehead atoms. The van der Waals surface area contributed by atoms with Gasteiger partial charge in [0.25, 0.3) is 17.7 Å². The second-order valence-electron chi connectivity index (χ2n) is 18.6. The fourth-order valence-electron chi connectivity index (χ4n) is 9.04. The van der Waals surface area contributed by atoms with E-state index in [0.29, 0.717) is 14.7 Å². The number of carbonyl (C=O) groups excluding carboxylic acids is 3. The lowest BCUT2D eigenvalue weighted by atomic mass is 10.1. The van der Waals surface area contributed by atoms with Gasteiger partial charge in [-0.3, -0.25) is 43.5 Å². The summed E-state index contributed by atoms with van der Waals surface area (Å²) in [7, 11) is 0. The van der Waals surface area contributed by atoms with E-state index in [-0.39, 0.29) is 13.0 Å². The van der Waals surface area contributed by atoms with E-state index in [2.05, 4.69) is 114 Å². The quantitative estimate of drug-likeness (QED) is 0.0546. The van der Waals surface area contributed by atoms with Gasteiger partial charge in [0, 0.05) is 75.6 Å². The highest BCUT2D eigenvalue weighted by atomic mass is 32.2. The number of amides is 3. The van der Waals surface area contributed by atoms with Crippen molar-refractivity contribution < 1.29 is 44.1 Å². The van der Waals surface area contributed by atoms with Crippen molar-refractivity contribution in [2.75, 3.05) is 24.5 Å². The molecule has 3 amide bonds. The number of nitrogens with zero attached hydrogens (tertiary/aromatic N) is 4. The number of anilines is 3. The van der Waals surface area contributed by atoms with Crippen LogP contribution in [-0.4, -0.2) is 98.2 Å². The lowest BCUT2D eigenvalue weighted by Crippen LogP contribution is -2.33. The van der Waals surface area contributed by atoms with E-state index in [1.165, 1.54) is 0 Å². The number of aliphatic carboxylic acids is 3. The maximum Gasteiger partial charge on any atom is 0.323 e. The number of carboxylic acids is 3. The Morgan fingerprint density at radius 3 is 0.847 bits per heavy atom. The molecule has 422 valence electrons. The normalized spacial score (nSPS) is 16.0. The minimum Gasteiger partial charge on any atom is -0.480 e. The predicted octanol–water partition coefficient (Wildman–Crippen LogP) is 16.4. The molecule has 0 unspecified atom stereocenters. The number of thiophene rings is 6. The Kier molecular flexibility index (Phi) is 17.0. The SMILES string of the molecule is O=C(O)CN1C(=O)/C(=C/c2ccc(-c3ccc(-c4ccc(N(c5ccc(-c6ccc(-c7ccc(/C=C8/SC(=S)N(CC(=O)O)C8=O)s7)s6)cc5)c5ccc(-c6ccc(-c7ccc(/C=C8/SC(=S)N(CC(=O)O)C8=O)s7)s6)cc5)cc4)s3)s2)SC1=S. The third-order valence-electron chi connectivity index (χ3n) is 13.0. The summed E-state index contributed by atoms with van der Waals surface area (Å²) in [5.41, 5.74) is 5.99. The van der Waals surface area contributed by atoms with Crippen molar-refractivity contribution in [1.29, 1.82) is 0 Å². The third kappa shape index (κ3) is 12.7. The van der Waals surface area contributed by atoms with E-state index >= 15 is 0 Å². The molecule has 85 heavy (non-hydrogen) atoms. The summed E-state index contributed by atoms with van der Waals surface area (Å²) >= 11 is 28.8. The summed E-state index contributed by atoms with van der Waals surface area (Å²) in [6, 6.07) is 50.0. The van der Waals surface area contributed by atoms with Gasteiger partial charge < -0.3 is 20.2 Å². The minimum absolute atomic E-state index is 0.226. The second-order valence-corrected chi connectivity index (χ2v) is 30.2. The molecule has 0 saturated carbocycles. The van der Waals surface area contributed by atoms with Crippen LogP contribution in [0.2, 0.25) is 0 Å². The van der Waals surface area contributed by atoms with Crippen LogP contribution in [0, 0.1) is 0 Å². The number of thioether (sulfide) groups is 3. The van der Waals surface area contributed by atoms with E-state index in [1.807, 2.05) is 36.4 Å². The van der Waals surface area contributed by atoms with E-state index in [1.54, 1.807) is 86.2 Å². The molecule has 25 heteroatoms. The van der Waals surface area contributed by atoms with Gasteiger partial charge >= 0.3 is 17.9 Å². The Bertz CT molecular complexity index is 3910. The van der Waals surface area contributed by atoms with Crippen molar-refractivity contribution in [3.8, 4) is 60.6 Å². The molecule has 9 heterocycles. The van der Waals surface area contributed by atoms with Gasteiger partial charge in [-0.2, -0.15) is 0 Å². The molecule has 3 aliphatic rings. The van der Waals surface area contributed by atoms with Gasteiger partial charge in [0.1, 0.15) is 32.6 Å². The molecule has 0 atom stereocenters. The van der Waals surface area contributed by atoms with Gasteiger partial charge in [0.05, 0.1) is 14.7 Å². The highest BCUT2D eigenvalue weighted by molar-refractivity contribution is 8.27. The van der Waals surface area contributed by atoms with Crippen LogP contribution < -0.4 is 4.90 Å². The molecule has 6 aromatic heterocycles. The smallest absolute Gasteiger partial charge is 0.323 e. The van der Waals surface area contributed by atoms with Gasteiger partial charge in [-0.05, 0) is 144 Å². The zero-order chi connectivity index (χ0) is 59.2. The first kappa shape index (κ1) is 58.4. The highest BCUT2D eigenvalue weighted by Crippen LogP contribution is 2.46. The van der Waals surface area contributed by atoms with Gasteiger partial charge in [0.2, 0.25) is 0 Å². The molecule has 0 radical (unpaired) electrons. The largest absolute Gasteiger partial charge is 0.480 e. The summed E-state index contributed by atoms with van der Waals surface area (Å²) < 4.78 is 0.678. The molecule has 3 N–H and O–H groups in total. The van der Waals surface area contributed by atoms with Crippen LogP contribution in [0.5, 0.6) is 0 Å². The third-order valence-corrected chi connectivity index (χ3v) is 24.2. The summed E-state index contributed by atoms with van der Waals surface area (Å²) in [5.74, 6) is -4.61. The number of hydrogen-bond donors (Lipinski definition) is 3. The topological polar surface area (TPSA) is 176 Å². The Labute approximate surface area is 537 Å². The fraction of sp³-hybridized carbons (Fsp3) is 0.0500. The van der Waals surface area contributed by atoms with Crippen LogP contribution in [0.15, 0.2) is 160 Å². The van der Waals surface area contributed by atoms with Crippen molar-refractivity contribution in [3.63, 3.8) is 0 Å². The second kappa shape index (κ2) is 24.8. The Hall–Kier alpha value is -6.98. The van der Waals surface area contributed by atoms with E-state index in [9.17, 15) is 44.1 Å². The molecule has 12 rings (SSSR count). The van der Waals surface area contributed by atoms with E-state index in [0.717, 1.165) is 142 Å². The first-order valence-corrected chi connectivity index (χ1v) is 33.7. The van der Waals surface area contributed by atoms with Crippen LogP contribution in [0.3, 0.4) is 0 Å². The van der Waals surface area contributed by atoms with Gasteiger partial charge in [-0.25, -0.2) is 0 Å². The number of benzene rings is 3. The number of carboxylic acid groups (broad SMARTS) is 3. The molecule has 3 fully saturated rings. The van der Waals surface area contributed by atoms with Crippen molar-refractivity contribution in [3.05, 3.63) is 175 Å². The van der Waals surface area contributed by atoms with E-state index < -0.39 is 55.3 Å². The lowest BCUT2D eigenvalue weighted by molar-refractivity contribution is -0.140. The average Bonchev–Trinajstić information content (AvgIpc) is 3.83. The fourth-order valence-corrected chi connectivity index (χ4v) is 19.2. The number of carbonyl (C=O) groups is 6. The summed E-state index contributed by atoms with van der Waals surface area (Å²) in [5, 5.41) is 27.7. The molecule has 3 aliphatic heterocycles. The lowest BCUT2D eigenvalue weighted by Gasteiger charge is -2.26. The van der Waals surface area contributed by atoms with Crippen molar-refractivity contribution in [2.24, 2.45) is 0 Å². The molecular formula is C60H36N4O9S12. The monoisotopic (exact) mass is 1340 g/mol. The zero-order valence-corrected chi connectivity index (χ0v) is 53.0. The molecule has 0 aliphatic carbocycles. The molecule has 13 nitrogen and oxygen atoms in total. The molecule has 3 aromatic carbocycles. The summed E-state index contributed by atoms with van der Waals surface area (Å²) in [6.45, 7) is -1.42. The maximum atomic E-state index is 12.9. The van der Waals surface area contributed by atoms with Crippen LogP contribution >= 0.6 is 140 Å². The average molecular weight is 1340 g/mol. The van der Waals surface area contributed by atoms with E-state index in [4.69, 9.17) is 36.7 Å². The van der Waals surface area contributed by atoms with Crippen LogP contribution in [0.4, 0.5) is 17.1 Å². The first-order chi connectivity index (χ1) is 41.0. The highest BCUT2D eigenvalue weighted by Gasteiger charge is 2.36. The Morgan fingerprint density at radius 2 is 0.588 bits per heavy atom. The molecular weight excluding hydrogens is 1310 g/mol. The zero-order valence-electron chi connectivity index (χ0n) is 43.2. The van der Waals surface area contributed by atoms with Gasteiger partial charge in [-0.15, -0.1) is 68.0 Å². The van der Waals surface area contributed by atoms with Crippen LogP contribution in [0.25, 0.3) is 78.8 Å². The summed E-state index contributed by atoms with van der Waals surface area (Å²) in [6.07, 6.45) is 5.29. The van der Waals surface area contributed by atoms with Crippen molar-refractivity contribution >= 4 is 224 Å². The predicted molar refractivity (Wildman–Crippen MR) is 364 cm³/mol. The number of thiocarbonyl (C=S) groups is 3. The first-order valence-electron chi connectivity index (χ1n) is 25.1. The number of rotatable bonds is 18. The maximum absolute atomic E-state index is 12.9. The van der Waals surface area contributed by atoms with Crippen molar-refractivity contribution in [2.45, 2.75) is 0 Å². The van der Waals surface area contributed by atoms with Crippen LogP contribution in [0.1, 0.15) is 14.6 Å². The minimum atomic E-state index is -1.13. The number of hydrogen-bond acceptors (Lipinski definition) is 19. The Balaban J connectivity index is 0.790. The van der Waals surface area contributed by atoms with Gasteiger partial charge in [0.15, 0.2) is 0 Å². The molecule has 3 saturated heterocycles.